The summed E-state index contributed by atoms with van der Waals surface area (Å²) in [6.07, 6.45) is 4.94. The Morgan fingerprint density at radius 1 is 1.33 bits per heavy atom. The molecule has 0 aliphatic heterocycles. The van der Waals surface area contributed by atoms with Gasteiger partial charge in [-0.05, 0) is 11.1 Å². The van der Waals surface area contributed by atoms with Crippen molar-refractivity contribution < 1.29 is 14.7 Å². The van der Waals surface area contributed by atoms with Gasteiger partial charge in [0.1, 0.15) is 6.29 Å². The fourth-order valence-corrected chi connectivity index (χ4v) is 2.19. The number of hydrogen-bond acceptors (Lipinski definition) is 2. The average molecular weight is 263 g/mol. The van der Waals surface area contributed by atoms with Crippen molar-refractivity contribution in [3.8, 4) is 0 Å². The van der Waals surface area contributed by atoms with E-state index in [1.165, 1.54) is 6.08 Å². The van der Waals surface area contributed by atoms with Gasteiger partial charge in [-0.25, -0.2) is 0 Å². The van der Waals surface area contributed by atoms with Gasteiger partial charge in [0.05, 0.1) is 5.38 Å². The minimum atomic E-state index is -1.67. The number of rotatable bonds is 3. The van der Waals surface area contributed by atoms with Crippen molar-refractivity contribution in [1.82, 2.24) is 0 Å². The van der Waals surface area contributed by atoms with Crippen molar-refractivity contribution in [3.63, 3.8) is 0 Å². The number of benzene rings is 1. The van der Waals surface area contributed by atoms with Crippen LogP contribution in [0.15, 0.2) is 48.6 Å². The molecule has 0 saturated heterocycles. The highest BCUT2D eigenvalue weighted by Crippen LogP contribution is 2.35. The minimum Gasteiger partial charge on any atom is -0.480 e. The first-order chi connectivity index (χ1) is 8.60. The van der Waals surface area contributed by atoms with E-state index in [1.54, 1.807) is 12.2 Å². The highest BCUT2D eigenvalue weighted by Gasteiger charge is 2.44. The Labute approximate surface area is 109 Å². The number of carbonyl (C=O) groups excluding carboxylic acids is 1. The molecule has 0 aromatic heterocycles. The van der Waals surface area contributed by atoms with Crippen LogP contribution in [0, 0.1) is 5.41 Å². The third-order valence-electron chi connectivity index (χ3n) is 2.99. The van der Waals surface area contributed by atoms with E-state index in [-0.39, 0.29) is 0 Å². The maximum atomic E-state index is 11.2. The zero-order valence-corrected chi connectivity index (χ0v) is 10.2. The van der Waals surface area contributed by atoms with Crippen LogP contribution in [0.25, 0.3) is 5.57 Å². The molecule has 0 radical (unpaired) electrons. The standard InChI is InChI=1S/C14H11ClO3/c15-12-8-11(10-4-2-1-3-5-10)6-7-14(12,9-16)13(17)18/h1-9,12H,(H,17,18). The maximum Gasteiger partial charge on any atom is 0.322 e. The van der Waals surface area contributed by atoms with Gasteiger partial charge in [0, 0.05) is 0 Å². The van der Waals surface area contributed by atoms with E-state index < -0.39 is 16.8 Å². The van der Waals surface area contributed by atoms with Gasteiger partial charge in [0.15, 0.2) is 5.41 Å². The quantitative estimate of drug-likeness (QED) is 0.517. The largest absolute Gasteiger partial charge is 0.480 e. The number of halogens is 1. The molecule has 4 heteroatoms. The molecule has 1 aliphatic carbocycles. The van der Waals surface area contributed by atoms with E-state index in [1.807, 2.05) is 30.3 Å². The van der Waals surface area contributed by atoms with E-state index in [0.717, 1.165) is 11.1 Å². The zero-order valence-electron chi connectivity index (χ0n) is 9.42. The van der Waals surface area contributed by atoms with E-state index in [4.69, 9.17) is 16.7 Å². The van der Waals surface area contributed by atoms with Crippen molar-refractivity contribution >= 4 is 29.4 Å². The lowest BCUT2D eigenvalue weighted by Gasteiger charge is -2.26. The smallest absolute Gasteiger partial charge is 0.322 e. The number of carbonyl (C=O) groups is 2. The molecule has 2 rings (SSSR count). The second-order valence-electron chi connectivity index (χ2n) is 4.08. The lowest BCUT2D eigenvalue weighted by Crippen LogP contribution is -2.40. The summed E-state index contributed by atoms with van der Waals surface area (Å²) in [6.45, 7) is 0. The average Bonchev–Trinajstić information content (AvgIpc) is 2.39. The Bertz CT molecular complexity index is 533. The molecule has 0 bridgehead atoms. The van der Waals surface area contributed by atoms with Gasteiger partial charge >= 0.3 is 5.97 Å². The van der Waals surface area contributed by atoms with Gasteiger partial charge in [0.2, 0.25) is 0 Å². The summed E-state index contributed by atoms with van der Waals surface area (Å²) in [6, 6.07) is 9.45. The number of allylic oxidation sites excluding steroid dienone is 3. The van der Waals surface area contributed by atoms with E-state index in [2.05, 4.69) is 0 Å². The molecule has 1 N–H and O–H groups in total. The summed E-state index contributed by atoms with van der Waals surface area (Å²) in [4.78, 5) is 22.2. The highest BCUT2D eigenvalue weighted by molar-refractivity contribution is 6.27. The summed E-state index contributed by atoms with van der Waals surface area (Å²) in [5.41, 5.74) is 0.0819. The Morgan fingerprint density at radius 3 is 2.50 bits per heavy atom. The predicted molar refractivity (Wildman–Crippen MR) is 69.3 cm³/mol. The van der Waals surface area contributed by atoms with Crippen LogP contribution in [-0.2, 0) is 9.59 Å². The van der Waals surface area contributed by atoms with Gasteiger partial charge in [-0.2, -0.15) is 0 Å². The molecule has 0 heterocycles. The molecule has 0 fully saturated rings. The van der Waals surface area contributed by atoms with Crippen LogP contribution in [0.1, 0.15) is 5.56 Å². The topological polar surface area (TPSA) is 54.4 Å². The summed E-state index contributed by atoms with van der Waals surface area (Å²) < 4.78 is 0. The molecule has 2 atom stereocenters. The third-order valence-corrected chi connectivity index (χ3v) is 3.48. The second-order valence-corrected chi connectivity index (χ2v) is 4.55. The number of aldehydes is 1. The van der Waals surface area contributed by atoms with Gasteiger partial charge < -0.3 is 9.90 Å². The highest BCUT2D eigenvalue weighted by atomic mass is 35.5. The second kappa shape index (κ2) is 4.78. The molecule has 3 nitrogen and oxygen atoms in total. The van der Waals surface area contributed by atoms with Crippen molar-refractivity contribution in [2.24, 2.45) is 5.41 Å². The first kappa shape index (κ1) is 12.6. The Kier molecular flexibility index (Phi) is 3.34. The van der Waals surface area contributed by atoms with Crippen LogP contribution in [0.5, 0.6) is 0 Å². The minimum absolute atomic E-state index is 0.377. The van der Waals surface area contributed by atoms with Gasteiger partial charge in [-0.1, -0.05) is 48.6 Å². The van der Waals surface area contributed by atoms with Crippen LogP contribution >= 0.6 is 11.6 Å². The fraction of sp³-hybridized carbons (Fsp3) is 0.143. The maximum absolute atomic E-state index is 11.2. The molecule has 1 aromatic carbocycles. The first-order valence-electron chi connectivity index (χ1n) is 5.40. The molecule has 92 valence electrons. The summed E-state index contributed by atoms with van der Waals surface area (Å²) in [5, 5.41) is 8.22. The third kappa shape index (κ3) is 1.97. The molecule has 18 heavy (non-hydrogen) atoms. The zero-order chi connectivity index (χ0) is 13.2. The molecule has 1 aromatic rings. The summed E-state index contributed by atoms with van der Waals surface area (Å²) in [5.74, 6) is -1.24. The van der Waals surface area contributed by atoms with Crippen LogP contribution in [0.3, 0.4) is 0 Å². The fourth-order valence-electron chi connectivity index (χ4n) is 1.84. The SMILES string of the molecule is O=CC1(C(=O)O)C=CC(c2ccccc2)=CC1Cl. The van der Waals surface area contributed by atoms with Gasteiger partial charge in [-0.15, -0.1) is 11.6 Å². The summed E-state index contributed by atoms with van der Waals surface area (Å²) >= 11 is 6.04. The van der Waals surface area contributed by atoms with Crippen molar-refractivity contribution in [3.05, 3.63) is 54.1 Å². The molecular weight excluding hydrogens is 252 g/mol. The Hall–Kier alpha value is -1.87. The van der Waals surface area contributed by atoms with Gasteiger partial charge in [-0.3, -0.25) is 4.79 Å². The number of hydrogen-bond donors (Lipinski definition) is 1. The van der Waals surface area contributed by atoms with Crippen LogP contribution < -0.4 is 0 Å². The lowest BCUT2D eigenvalue weighted by atomic mass is 9.80. The molecule has 0 spiro atoms. The number of aliphatic carboxylic acids is 1. The molecular formula is C14H11ClO3. The lowest BCUT2D eigenvalue weighted by molar-refractivity contribution is -0.147. The number of alkyl halides is 1. The van der Waals surface area contributed by atoms with E-state index >= 15 is 0 Å². The van der Waals surface area contributed by atoms with E-state index in [9.17, 15) is 9.59 Å². The molecule has 0 saturated carbocycles. The normalized spacial score (nSPS) is 26.5. The van der Waals surface area contributed by atoms with Crippen molar-refractivity contribution in [2.45, 2.75) is 5.38 Å². The van der Waals surface area contributed by atoms with Crippen LogP contribution in [0.4, 0.5) is 0 Å². The summed E-state index contributed by atoms with van der Waals surface area (Å²) in [7, 11) is 0. The Morgan fingerprint density at radius 2 is 2.00 bits per heavy atom. The molecule has 2 unspecified atom stereocenters. The van der Waals surface area contributed by atoms with Crippen molar-refractivity contribution in [2.75, 3.05) is 0 Å². The predicted octanol–water partition coefficient (Wildman–Crippen LogP) is 2.52. The number of carboxylic acids is 1. The first-order valence-corrected chi connectivity index (χ1v) is 5.84. The molecule has 1 aliphatic rings. The molecule has 0 amide bonds. The van der Waals surface area contributed by atoms with Gasteiger partial charge in [0.25, 0.3) is 0 Å². The van der Waals surface area contributed by atoms with Crippen LogP contribution in [-0.4, -0.2) is 22.7 Å². The van der Waals surface area contributed by atoms with E-state index in [0.29, 0.717) is 6.29 Å². The number of carboxylic acid groups (broad SMARTS) is 1. The monoisotopic (exact) mass is 262 g/mol. The van der Waals surface area contributed by atoms with Crippen molar-refractivity contribution in [1.29, 1.82) is 0 Å². The van der Waals surface area contributed by atoms with Crippen LogP contribution in [0.2, 0.25) is 0 Å². The Balaban J connectivity index is 2.39.